The van der Waals surface area contributed by atoms with Crippen molar-refractivity contribution in [1.29, 1.82) is 0 Å². The summed E-state index contributed by atoms with van der Waals surface area (Å²) >= 11 is 0. The second-order valence-corrected chi connectivity index (χ2v) is 11.4. The van der Waals surface area contributed by atoms with Gasteiger partial charge < -0.3 is 19.6 Å². The zero-order valence-corrected chi connectivity index (χ0v) is 23.7. The summed E-state index contributed by atoms with van der Waals surface area (Å²) in [5.41, 5.74) is 7.22. The Bertz CT molecular complexity index is 1620. The van der Waals surface area contributed by atoms with Gasteiger partial charge in [0.2, 0.25) is 6.41 Å². The lowest BCUT2D eigenvalue weighted by atomic mass is 9.90. The quantitative estimate of drug-likeness (QED) is 0.307. The van der Waals surface area contributed by atoms with Crippen molar-refractivity contribution in [3.8, 4) is 11.1 Å². The molecule has 9 heteroatoms. The Morgan fingerprint density at radius 1 is 1.15 bits per heavy atom. The van der Waals surface area contributed by atoms with E-state index in [4.69, 9.17) is 0 Å². The smallest absolute Gasteiger partial charge is 0.274 e. The number of aromatic nitrogens is 4. The average Bonchev–Trinajstić information content (AvgIpc) is 3.37. The van der Waals surface area contributed by atoms with Gasteiger partial charge in [-0.3, -0.25) is 14.5 Å². The van der Waals surface area contributed by atoms with Crippen molar-refractivity contribution in [3.63, 3.8) is 0 Å². The Labute approximate surface area is 234 Å². The van der Waals surface area contributed by atoms with E-state index >= 15 is 0 Å². The number of hydrogen-bond donors (Lipinski definition) is 2. The molecule has 0 aromatic carbocycles. The maximum atomic E-state index is 12.9. The minimum Gasteiger partial charge on any atom is -0.392 e. The van der Waals surface area contributed by atoms with Gasteiger partial charge in [-0.2, -0.15) is 0 Å². The van der Waals surface area contributed by atoms with Crippen LogP contribution in [-0.4, -0.2) is 37.2 Å². The number of carbonyl (C=O) groups excluding carboxylic acids is 1. The second kappa shape index (κ2) is 10.7. The van der Waals surface area contributed by atoms with E-state index < -0.39 is 0 Å². The van der Waals surface area contributed by atoms with Gasteiger partial charge in [-0.05, 0) is 73.1 Å². The largest absolute Gasteiger partial charge is 0.392 e. The first kappa shape index (κ1) is 27.3. The molecule has 0 spiro atoms. The fraction of sp³-hybridized carbons (Fsp3) is 0.355. The summed E-state index contributed by atoms with van der Waals surface area (Å²) < 4.78 is 3.79. The number of fused-ring (bicyclic) bond motifs is 1. The van der Waals surface area contributed by atoms with Gasteiger partial charge in [0, 0.05) is 61.2 Å². The number of rotatable bonds is 9. The predicted molar refractivity (Wildman–Crippen MR) is 157 cm³/mol. The lowest BCUT2D eigenvalue weighted by molar-refractivity contribution is -0.107. The molecule has 1 aliphatic carbocycles. The van der Waals surface area contributed by atoms with Crippen LogP contribution in [0.25, 0.3) is 11.1 Å². The summed E-state index contributed by atoms with van der Waals surface area (Å²) in [5, 5.41) is 13.6. The molecule has 0 aliphatic heterocycles. The molecule has 0 radical (unpaired) electrons. The monoisotopic (exact) mass is 540 g/mol. The summed E-state index contributed by atoms with van der Waals surface area (Å²) in [7, 11) is 1.68. The molecule has 5 rings (SSSR count). The van der Waals surface area contributed by atoms with Crippen molar-refractivity contribution in [3.05, 3.63) is 87.4 Å². The predicted octanol–water partition coefficient (Wildman–Crippen LogP) is 4.28. The van der Waals surface area contributed by atoms with Crippen LogP contribution in [-0.2, 0) is 37.8 Å². The van der Waals surface area contributed by atoms with Crippen molar-refractivity contribution in [2.75, 3.05) is 16.8 Å². The van der Waals surface area contributed by atoms with Crippen LogP contribution in [0.1, 0.15) is 41.9 Å². The third kappa shape index (κ3) is 5.29. The van der Waals surface area contributed by atoms with Gasteiger partial charge in [-0.25, -0.2) is 9.97 Å². The van der Waals surface area contributed by atoms with Crippen LogP contribution in [0.15, 0.2) is 53.7 Å². The number of aryl methyl sites for hydroxylation is 3. The normalized spacial score (nSPS) is 13.8. The van der Waals surface area contributed by atoms with Gasteiger partial charge in [0.05, 0.1) is 6.61 Å². The first-order valence-electron chi connectivity index (χ1n) is 13.5. The van der Waals surface area contributed by atoms with Crippen LogP contribution >= 0.6 is 0 Å². The molecule has 0 saturated carbocycles. The molecular formula is C31H36N6O3. The van der Waals surface area contributed by atoms with Crippen molar-refractivity contribution >= 4 is 23.7 Å². The van der Waals surface area contributed by atoms with E-state index in [0.717, 1.165) is 24.8 Å². The first-order valence-corrected chi connectivity index (χ1v) is 13.5. The number of hydrogen-bond acceptors (Lipinski definition) is 6. The number of nitrogens with one attached hydrogen (secondary N) is 1. The molecule has 0 saturated heterocycles. The highest BCUT2D eigenvalue weighted by Crippen LogP contribution is 2.38. The van der Waals surface area contributed by atoms with Crippen molar-refractivity contribution in [2.45, 2.75) is 53.7 Å². The van der Waals surface area contributed by atoms with Crippen molar-refractivity contribution in [2.24, 2.45) is 12.5 Å². The van der Waals surface area contributed by atoms with Crippen LogP contribution in [0.2, 0.25) is 0 Å². The van der Waals surface area contributed by atoms with E-state index in [1.165, 1.54) is 21.5 Å². The van der Waals surface area contributed by atoms with Gasteiger partial charge in [0.25, 0.3) is 5.56 Å². The third-order valence-electron chi connectivity index (χ3n) is 7.64. The molecule has 2 N–H and O–H groups in total. The first-order chi connectivity index (χ1) is 19.1. The molecule has 0 fully saturated rings. The second-order valence-electron chi connectivity index (χ2n) is 11.4. The Hall–Kier alpha value is -4.24. The standard InChI is InChI=1S/C31H36N6O3/c1-20-6-7-28(33-16-20)34-26-13-23(17-35(5)30(26)40)24-8-9-32-29(25(24)18-38)36(19-39)10-11-37-21(2)12-22-14-31(3,4)15-27(22)37/h6-9,12-13,16-17,19,38H,10-11,14-15,18H2,1-5H3,(H,33,34). The van der Waals surface area contributed by atoms with Gasteiger partial charge >= 0.3 is 0 Å². The van der Waals surface area contributed by atoms with E-state index in [0.29, 0.717) is 47.1 Å². The Kier molecular flexibility index (Phi) is 7.33. The number of pyridine rings is 3. The zero-order valence-electron chi connectivity index (χ0n) is 23.7. The SMILES string of the molecule is Cc1ccc(Nc2cc(-c3ccnc(N(C=O)CCn4c(C)cc5c4CC(C)(C)C5)c3CO)cn(C)c2=O)nc1. The van der Waals surface area contributed by atoms with Gasteiger partial charge in [-0.15, -0.1) is 0 Å². The Morgan fingerprint density at radius 3 is 2.65 bits per heavy atom. The number of aliphatic hydroxyl groups excluding tert-OH is 1. The lowest BCUT2D eigenvalue weighted by Gasteiger charge is -2.23. The molecular weight excluding hydrogens is 504 g/mol. The number of amides is 1. The van der Waals surface area contributed by atoms with Gasteiger partial charge in [0.1, 0.15) is 17.3 Å². The number of aliphatic hydroxyl groups is 1. The summed E-state index contributed by atoms with van der Waals surface area (Å²) in [6.07, 6.45) is 7.91. The van der Waals surface area contributed by atoms with Crippen LogP contribution < -0.4 is 15.8 Å². The van der Waals surface area contributed by atoms with Crippen LogP contribution in [0.3, 0.4) is 0 Å². The highest BCUT2D eigenvalue weighted by atomic mass is 16.3. The van der Waals surface area contributed by atoms with Gasteiger partial charge in [-0.1, -0.05) is 19.9 Å². The summed E-state index contributed by atoms with van der Waals surface area (Å²) in [6.45, 7) is 9.34. The van der Waals surface area contributed by atoms with E-state index in [9.17, 15) is 14.7 Å². The molecule has 208 valence electrons. The number of anilines is 3. The molecule has 40 heavy (non-hydrogen) atoms. The van der Waals surface area contributed by atoms with E-state index in [2.05, 4.69) is 46.7 Å². The molecule has 1 amide bonds. The molecule has 4 aromatic rings. The third-order valence-corrected chi connectivity index (χ3v) is 7.64. The molecule has 1 aliphatic rings. The van der Waals surface area contributed by atoms with Crippen molar-refractivity contribution < 1.29 is 9.90 Å². The molecule has 4 aromatic heterocycles. The highest BCUT2D eigenvalue weighted by Gasteiger charge is 2.32. The Morgan fingerprint density at radius 2 is 1.95 bits per heavy atom. The lowest BCUT2D eigenvalue weighted by Crippen LogP contribution is -2.29. The van der Waals surface area contributed by atoms with E-state index in [1.807, 2.05) is 19.1 Å². The van der Waals surface area contributed by atoms with Crippen LogP contribution in [0.4, 0.5) is 17.3 Å². The highest BCUT2D eigenvalue weighted by molar-refractivity contribution is 5.81. The van der Waals surface area contributed by atoms with E-state index in [1.54, 1.807) is 42.7 Å². The zero-order chi connectivity index (χ0) is 28.6. The van der Waals surface area contributed by atoms with Crippen LogP contribution in [0, 0.1) is 19.3 Å². The van der Waals surface area contributed by atoms with E-state index in [-0.39, 0.29) is 17.6 Å². The minimum absolute atomic E-state index is 0.210. The molecule has 0 unspecified atom stereocenters. The Balaban J connectivity index is 1.46. The maximum Gasteiger partial charge on any atom is 0.274 e. The topological polar surface area (TPSA) is 105 Å². The maximum absolute atomic E-state index is 12.9. The fourth-order valence-corrected chi connectivity index (χ4v) is 5.70. The molecule has 0 atom stereocenters. The summed E-state index contributed by atoms with van der Waals surface area (Å²) in [5.74, 6) is 0.959. The van der Waals surface area contributed by atoms with Gasteiger partial charge in [0.15, 0.2) is 0 Å². The number of nitrogens with zero attached hydrogens (tertiary/aromatic N) is 5. The summed E-state index contributed by atoms with van der Waals surface area (Å²) in [4.78, 5) is 35.6. The summed E-state index contributed by atoms with van der Waals surface area (Å²) in [6, 6.07) is 9.51. The minimum atomic E-state index is -0.319. The molecule has 4 heterocycles. The molecule has 0 bridgehead atoms. The van der Waals surface area contributed by atoms with Crippen molar-refractivity contribution in [1.82, 2.24) is 19.1 Å². The average molecular weight is 541 g/mol. The molecule has 9 nitrogen and oxygen atoms in total. The van der Waals surface area contributed by atoms with Crippen LogP contribution in [0.5, 0.6) is 0 Å². The number of carbonyl (C=O) groups is 1. The fourth-order valence-electron chi connectivity index (χ4n) is 5.70.